The molecule has 1 atom stereocenters. The Morgan fingerprint density at radius 3 is 2.29 bits per heavy atom. The van der Waals surface area contributed by atoms with Gasteiger partial charge in [-0.05, 0) is 32.7 Å². The highest BCUT2D eigenvalue weighted by atomic mass is 15.2. The molecule has 1 aliphatic carbocycles. The Labute approximate surface area is 88.1 Å². The third-order valence-electron chi connectivity index (χ3n) is 3.92. The van der Waals surface area contributed by atoms with Crippen molar-refractivity contribution in [3.05, 3.63) is 0 Å². The van der Waals surface area contributed by atoms with Crippen molar-refractivity contribution in [1.29, 1.82) is 0 Å². The summed E-state index contributed by atoms with van der Waals surface area (Å²) < 4.78 is 0. The van der Waals surface area contributed by atoms with Gasteiger partial charge in [0.15, 0.2) is 0 Å². The summed E-state index contributed by atoms with van der Waals surface area (Å²) in [6.45, 7) is 2.20. The first-order valence-electron chi connectivity index (χ1n) is 6.23. The van der Waals surface area contributed by atoms with Crippen LogP contribution in [-0.2, 0) is 0 Å². The third-order valence-corrected chi connectivity index (χ3v) is 3.92. The van der Waals surface area contributed by atoms with Crippen LogP contribution in [0, 0.1) is 0 Å². The number of hydrogen-bond acceptors (Lipinski definition) is 1. The third kappa shape index (κ3) is 2.48. The van der Waals surface area contributed by atoms with Crippen LogP contribution >= 0.6 is 0 Å². The largest absolute Gasteiger partial charge is 0.299 e. The van der Waals surface area contributed by atoms with Crippen LogP contribution in [0.2, 0.25) is 0 Å². The molecule has 0 aromatic carbocycles. The second-order valence-corrected chi connectivity index (χ2v) is 4.88. The first-order chi connectivity index (χ1) is 6.88. The summed E-state index contributed by atoms with van der Waals surface area (Å²) in [7, 11) is 2.32. The molecule has 81 valence electrons. The van der Waals surface area contributed by atoms with E-state index in [-0.39, 0.29) is 0 Å². The molecule has 0 N–H and O–H groups in total. The quantitative estimate of drug-likeness (QED) is 0.659. The Morgan fingerprint density at radius 1 is 0.929 bits per heavy atom. The van der Waals surface area contributed by atoms with E-state index in [1.165, 1.54) is 44.9 Å². The van der Waals surface area contributed by atoms with Crippen molar-refractivity contribution < 1.29 is 0 Å². The summed E-state index contributed by atoms with van der Waals surface area (Å²) in [6, 6.07) is 1.62. The zero-order chi connectivity index (χ0) is 9.80. The molecule has 0 aromatic rings. The van der Waals surface area contributed by atoms with Crippen molar-refractivity contribution in [1.82, 2.24) is 10.2 Å². The molecule has 1 aliphatic heterocycles. The van der Waals surface area contributed by atoms with E-state index in [0.717, 1.165) is 25.2 Å². The van der Waals surface area contributed by atoms with Crippen molar-refractivity contribution in [3.8, 4) is 0 Å². The van der Waals surface area contributed by atoms with E-state index in [0.29, 0.717) is 0 Å². The molecule has 1 radical (unpaired) electrons. The van der Waals surface area contributed by atoms with E-state index < -0.39 is 0 Å². The van der Waals surface area contributed by atoms with E-state index in [1.807, 2.05) is 0 Å². The molecule has 2 aliphatic rings. The summed E-state index contributed by atoms with van der Waals surface area (Å²) in [6.07, 6.45) is 9.87. The van der Waals surface area contributed by atoms with Crippen molar-refractivity contribution in [2.75, 3.05) is 20.1 Å². The standard InChI is InChI=1S/C12H23N2/c1-14(11-6-3-2-4-7-11)12-8-5-9-13-10-12/h11-12H,2-10H2,1H3. The van der Waals surface area contributed by atoms with Gasteiger partial charge in [0, 0.05) is 25.2 Å². The topological polar surface area (TPSA) is 17.3 Å². The van der Waals surface area contributed by atoms with Crippen LogP contribution in [-0.4, -0.2) is 37.1 Å². The Balaban J connectivity index is 1.82. The van der Waals surface area contributed by atoms with Crippen LogP contribution in [0.15, 0.2) is 0 Å². The molecule has 0 aromatic heterocycles. The molecular weight excluding hydrogens is 172 g/mol. The molecular formula is C12H23N2. The van der Waals surface area contributed by atoms with Gasteiger partial charge in [-0.1, -0.05) is 19.3 Å². The average Bonchev–Trinajstić information content (AvgIpc) is 2.30. The molecule has 0 spiro atoms. The van der Waals surface area contributed by atoms with Gasteiger partial charge >= 0.3 is 0 Å². The van der Waals surface area contributed by atoms with E-state index in [4.69, 9.17) is 0 Å². The molecule has 1 saturated heterocycles. The Morgan fingerprint density at radius 2 is 1.64 bits per heavy atom. The zero-order valence-corrected chi connectivity index (χ0v) is 9.41. The predicted octanol–water partition coefficient (Wildman–Crippen LogP) is 2.02. The van der Waals surface area contributed by atoms with Gasteiger partial charge in [-0.3, -0.25) is 4.90 Å². The highest BCUT2D eigenvalue weighted by Gasteiger charge is 2.25. The van der Waals surface area contributed by atoms with Crippen molar-refractivity contribution in [2.24, 2.45) is 0 Å². The highest BCUT2D eigenvalue weighted by Crippen LogP contribution is 2.24. The average molecular weight is 195 g/mol. The van der Waals surface area contributed by atoms with Gasteiger partial charge in [-0.15, -0.1) is 0 Å². The normalized spacial score (nSPS) is 30.9. The van der Waals surface area contributed by atoms with Gasteiger partial charge in [0.05, 0.1) is 0 Å². The molecule has 1 unspecified atom stereocenters. The summed E-state index contributed by atoms with van der Waals surface area (Å²) in [5.41, 5.74) is 0. The van der Waals surface area contributed by atoms with Crippen LogP contribution in [0.4, 0.5) is 0 Å². The maximum atomic E-state index is 4.53. The maximum Gasteiger partial charge on any atom is 0.0289 e. The summed E-state index contributed by atoms with van der Waals surface area (Å²) in [5, 5.41) is 4.53. The molecule has 14 heavy (non-hydrogen) atoms. The van der Waals surface area contributed by atoms with Crippen molar-refractivity contribution in [3.63, 3.8) is 0 Å². The van der Waals surface area contributed by atoms with E-state index in [2.05, 4.69) is 17.3 Å². The number of likely N-dealkylation sites (N-methyl/N-ethyl adjacent to an activating group) is 1. The van der Waals surface area contributed by atoms with Crippen LogP contribution in [0.3, 0.4) is 0 Å². The molecule has 2 fully saturated rings. The van der Waals surface area contributed by atoms with E-state index >= 15 is 0 Å². The van der Waals surface area contributed by atoms with E-state index in [9.17, 15) is 0 Å². The van der Waals surface area contributed by atoms with Gasteiger partial charge in [-0.2, -0.15) is 0 Å². The van der Waals surface area contributed by atoms with Crippen LogP contribution < -0.4 is 5.32 Å². The minimum atomic E-state index is 0.756. The minimum Gasteiger partial charge on any atom is -0.299 e. The lowest BCUT2D eigenvalue weighted by Gasteiger charge is -2.38. The van der Waals surface area contributed by atoms with Crippen LogP contribution in [0.1, 0.15) is 44.9 Å². The molecule has 0 amide bonds. The van der Waals surface area contributed by atoms with Crippen LogP contribution in [0.25, 0.3) is 0 Å². The number of nitrogens with zero attached hydrogens (tertiary/aromatic N) is 2. The fourth-order valence-electron chi connectivity index (χ4n) is 2.89. The fourth-order valence-corrected chi connectivity index (χ4v) is 2.89. The zero-order valence-electron chi connectivity index (χ0n) is 9.41. The summed E-state index contributed by atoms with van der Waals surface area (Å²) in [5.74, 6) is 0. The molecule has 2 nitrogen and oxygen atoms in total. The highest BCUT2D eigenvalue weighted by molar-refractivity contribution is 4.82. The van der Waals surface area contributed by atoms with Crippen LogP contribution in [0.5, 0.6) is 0 Å². The number of hydrogen-bond donors (Lipinski definition) is 0. The first-order valence-corrected chi connectivity index (χ1v) is 6.23. The molecule has 0 bridgehead atoms. The Bertz CT molecular complexity index is 140. The molecule has 1 heterocycles. The predicted molar refractivity (Wildman–Crippen MR) is 59.5 cm³/mol. The number of rotatable bonds is 2. The molecule has 1 saturated carbocycles. The van der Waals surface area contributed by atoms with E-state index in [1.54, 1.807) is 0 Å². The Kier molecular flexibility index (Phi) is 3.82. The number of piperidine rings is 1. The first kappa shape index (κ1) is 10.4. The van der Waals surface area contributed by atoms with Gasteiger partial charge in [0.1, 0.15) is 0 Å². The summed E-state index contributed by atoms with van der Waals surface area (Å²) >= 11 is 0. The van der Waals surface area contributed by atoms with Crippen molar-refractivity contribution in [2.45, 2.75) is 57.0 Å². The lowest BCUT2D eigenvalue weighted by atomic mass is 9.92. The second kappa shape index (κ2) is 5.13. The fraction of sp³-hybridized carbons (Fsp3) is 1.00. The monoisotopic (exact) mass is 195 g/mol. The van der Waals surface area contributed by atoms with Gasteiger partial charge in [0.2, 0.25) is 0 Å². The van der Waals surface area contributed by atoms with Crippen molar-refractivity contribution >= 4 is 0 Å². The SMILES string of the molecule is CN(C1CCCCC1)C1CCC[N]C1. The Hall–Kier alpha value is -0.0800. The van der Waals surface area contributed by atoms with Gasteiger partial charge in [0.25, 0.3) is 0 Å². The second-order valence-electron chi connectivity index (χ2n) is 4.88. The lowest BCUT2D eigenvalue weighted by molar-refractivity contribution is 0.117. The minimum absolute atomic E-state index is 0.756. The lowest BCUT2D eigenvalue weighted by Crippen LogP contribution is -2.47. The molecule has 2 heteroatoms. The maximum absolute atomic E-state index is 4.53. The van der Waals surface area contributed by atoms with Gasteiger partial charge < -0.3 is 0 Å². The molecule has 2 rings (SSSR count). The summed E-state index contributed by atoms with van der Waals surface area (Å²) in [4.78, 5) is 2.63. The smallest absolute Gasteiger partial charge is 0.0289 e. The van der Waals surface area contributed by atoms with Gasteiger partial charge in [-0.25, -0.2) is 5.32 Å².